The van der Waals surface area contributed by atoms with Crippen LogP contribution in [0.5, 0.6) is 0 Å². The number of benzene rings is 3. The zero-order chi connectivity index (χ0) is 17.1. The molecule has 0 unspecified atom stereocenters. The summed E-state index contributed by atoms with van der Waals surface area (Å²) in [5, 5.41) is 16.4. The van der Waals surface area contributed by atoms with Crippen molar-refractivity contribution in [3.8, 4) is 6.07 Å². The normalized spacial score (nSPS) is 11.7. The fraction of sp³-hybridized carbons (Fsp3) is 0.143. The second kappa shape index (κ2) is 6.55. The van der Waals surface area contributed by atoms with Crippen LogP contribution < -0.4 is 5.32 Å². The molecule has 0 aromatic heterocycles. The minimum atomic E-state index is -0.343. The predicted molar refractivity (Wildman–Crippen MR) is 98.3 cm³/mol. The van der Waals surface area contributed by atoms with Crippen LogP contribution in [0, 0.1) is 11.3 Å². The number of nitrogens with one attached hydrogen (secondary N) is 1. The summed E-state index contributed by atoms with van der Waals surface area (Å²) < 4.78 is 0. The molecule has 0 saturated carbocycles. The molecule has 0 aliphatic heterocycles. The molecular formula is C21H18N2O. The van der Waals surface area contributed by atoms with Crippen molar-refractivity contribution in [2.24, 2.45) is 0 Å². The Morgan fingerprint density at radius 2 is 1.58 bits per heavy atom. The molecule has 0 atom stereocenters. The van der Waals surface area contributed by atoms with Crippen molar-refractivity contribution in [1.29, 1.82) is 5.26 Å². The summed E-state index contributed by atoms with van der Waals surface area (Å²) >= 11 is 0. The number of nitrogens with zero attached hydrogens (tertiary/aromatic N) is 1. The van der Waals surface area contributed by atoms with Gasteiger partial charge in [0.15, 0.2) is 0 Å². The number of amides is 1. The lowest BCUT2D eigenvalue weighted by molar-refractivity contribution is -0.117. The summed E-state index contributed by atoms with van der Waals surface area (Å²) in [6, 6.07) is 20.2. The number of fused-ring (bicyclic) bond motifs is 2. The van der Waals surface area contributed by atoms with Gasteiger partial charge in [0.05, 0.1) is 0 Å². The van der Waals surface area contributed by atoms with Gasteiger partial charge in [0.25, 0.3) is 5.91 Å². The maximum atomic E-state index is 12.3. The van der Waals surface area contributed by atoms with Crippen LogP contribution in [0.3, 0.4) is 0 Å². The lowest BCUT2D eigenvalue weighted by Crippen LogP contribution is -2.30. The summed E-state index contributed by atoms with van der Waals surface area (Å²) in [7, 11) is 0. The van der Waals surface area contributed by atoms with Gasteiger partial charge in [-0.2, -0.15) is 5.26 Å². The Balaban J connectivity index is 2.28. The summed E-state index contributed by atoms with van der Waals surface area (Å²) in [5.74, 6) is -0.343. The molecule has 3 nitrogen and oxygen atoms in total. The molecule has 3 aromatic carbocycles. The molecule has 1 amide bonds. The molecule has 0 aliphatic carbocycles. The summed E-state index contributed by atoms with van der Waals surface area (Å²) in [6.07, 6.45) is 1.70. The van der Waals surface area contributed by atoms with Crippen molar-refractivity contribution < 1.29 is 4.79 Å². The van der Waals surface area contributed by atoms with E-state index in [1.165, 1.54) is 0 Å². The Bertz CT molecular complexity index is 940. The van der Waals surface area contributed by atoms with E-state index in [1.54, 1.807) is 6.08 Å². The zero-order valence-electron chi connectivity index (χ0n) is 13.7. The summed E-state index contributed by atoms with van der Waals surface area (Å²) in [6.45, 7) is 3.75. The van der Waals surface area contributed by atoms with Gasteiger partial charge < -0.3 is 5.32 Å². The predicted octanol–water partition coefficient (Wildman–Crippen LogP) is 4.42. The van der Waals surface area contributed by atoms with Crippen molar-refractivity contribution in [1.82, 2.24) is 5.32 Å². The van der Waals surface area contributed by atoms with Crippen LogP contribution in [-0.2, 0) is 4.79 Å². The van der Waals surface area contributed by atoms with E-state index in [0.717, 1.165) is 27.1 Å². The highest BCUT2D eigenvalue weighted by molar-refractivity contribution is 6.11. The van der Waals surface area contributed by atoms with Crippen molar-refractivity contribution in [2.45, 2.75) is 19.9 Å². The number of nitriles is 1. The lowest BCUT2D eigenvalue weighted by Gasteiger charge is -2.10. The van der Waals surface area contributed by atoms with Gasteiger partial charge in [-0.3, -0.25) is 4.79 Å². The highest BCUT2D eigenvalue weighted by Crippen LogP contribution is 2.30. The van der Waals surface area contributed by atoms with Crippen molar-refractivity contribution in [2.75, 3.05) is 0 Å². The average molecular weight is 314 g/mol. The fourth-order valence-corrected chi connectivity index (χ4v) is 2.84. The Morgan fingerprint density at radius 3 is 2.08 bits per heavy atom. The zero-order valence-corrected chi connectivity index (χ0v) is 13.7. The van der Waals surface area contributed by atoms with Crippen LogP contribution in [0.15, 0.2) is 60.2 Å². The van der Waals surface area contributed by atoms with E-state index >= 15 is 0 Å². The quantitative estimate of drug-likeness (QED) is 0.442. The molecule has 118 valence electrons. The number of rotatable bonds is 3. The van der Waals surface area contributed by atoms with E-state index < -0.39 is 0 Å². The maximum Gasteiger partial charge on any atom is 0.262 e. The highest BCUT2D eigenvalue weighted by Gasteiger charge is 2.12. The third-order valence-corrected chi connectivity index (χ3v) is 3.89. The molecule has 3 aromatic rings. The van der Waals surface area contributed by atoms with E-state index in [0.29, 0.717) is 0 Å². The van der Waals surface area contributed by atoms with Crippen molar-refractivity contribution in [3.05, 3.63) is 65.7 Å². The molecule has 3 heteroatoms. The molecule has 0 spiro atoms. The first-order valence-electron chi connectivity index (χ1n) is 7.93. The van der Waals surface area contributed by atoms with E-state index in [4.69, 9.17) is 0 Å². The first-order chi connectivity index (χ1) is 11.6. The second-order valence-electron chi connectivity index (χ2n) is 6.03. The number of carbonyl (C=O) groups is 1. The van der Waals surface area contributed by atoms with Gasteiger partial charge >= 0.3 is 0 Å². The van der Waals surface area contributed by atoms with Gasteiger partial charge in [-0.1, -0.05) is 48.5 Å². The van der Waals surface area contributed by atoms with Crippen LogP contribution >= 0.6 is 0 Å². The van der Waals surface area contributed by atoms with E-state index in [1.807, 2.05) is 68.4 Å². The molecule has 0 heterocycles. The van der Waals surface area contributed by atoms with Crippen LogP contribution in [0.4, 0.5) is 0 Å². The smallest absolute Gasteiger partial charge is 0.262 e. The third-order valence-electron chi connectivity index (χ3n) is 3.89. The number of hydrogen-bond donors (Lipinski definition) is 1. The SMILES string of the molecule is CC(C)NC(=O)/C(C#N)=C/c1c2ccccc2cc2ccccc12. The van der Waals surface area contributed by atoms with Gasteiger partial charge in [0.1, 0.15) is 11.6 Å². The lowest BCUT2D eigenvalue weighted by atomic mass is 9.95. The van der Waals surface area contributed by atoms with Gasteiger partial charge in [-0.15, -0.1) is 0 Å². The molecule has 0 saturated heterocycles. The van der Waals surface area contributed by atoms with E-state index in [9.17, 15) is 10.1 Å². The molecule has 0 aliphatic rings. The Labute approximate surface area is 141 Å². The van der Waals surface area contributed by atoms with Crippen LogP contribution in [0.2, 0.25) is 0 Å². The van der Waals surface area contributed by atoms with Crippen LogP contribution in [0.25, 0.3) is 27.6 Å². The summed E-state index contributed by atoms with van der Waals surface area (Å²) in [4.78, 5) is 12.3. The molecule has 0 bridgehead atoms. The van der Waals surface area contributed by atoms with Crippen molar-refractivity contribution in [3.63, 3.8) is 0 Å². The van der Waals surface area contributed by atoms with E-state index in [2.05, 4.69) is 11.4 Å². The maximum absolute atomic E-state index is 12.3. The molecule has 1 N–H and O–H groups in total. The Kier molecular flexibility index (Phi) is 4.31. The molecule has 24 heavy (non-hydrogen) atoms. The van der Waals surface area contributed by atoms with Crippen LogP contribution in [-0.4, -0.2) is 11.9 Å². The molecule has 0 fully saturated rings. The molecule has 0 radical (unpaired) electrons. The highest BCUT2D eigenvalue weighted by atomic mass is 16.1. The first-order valence-corrected chi connectivity index (χ1v) is 7.93. The topological polar surface area (TPSA) is 52.9 Å². The van der Waals surface area contributed by atoms with Crippen LogP contribution in [0.1, 0.15) is 19.4 Å². The third kappa shape index (κ3) is 3.00. The first kappa shape index (κ1) is 15.8. The van der Waals surface area contributed by atoms with Crippen molar-refractivity contribution >= 4 is 33.5 Å². The number of carbonyl (C=O) groups excluding carboxylic acids is 1. The minimum absolute atomic E-state index is 0.0153. The van der Waals surface area contributed by atoms with Gasteiger partial charge in [-0.25, -0.2) is 0 Å². The van der Waals surface area contributed by atoms with Gasteiger partial charge in [0.2, 0.25) is 0 Å². The Morgan fingerprint density at radius 1 is 1.04 bits per heavy atom. The Hall–Kier alpha value is -3.12. The summed E-state index contributed by atoms with van der Waals surface area (Å²) in [5.41, 5.74) is 1.02. The van der Waals surface area contributed by atoms with Gasteiger partial charge in [0, 0.05) is 6.04 Å². The van der Waals surface area contributed by atoms with E-state index in [-0.39, 0.29) is 17.5 Å². The monoisotopic (exact) mass is 314 g/mol. The fourth-order valence-electron chi connectivity index (χ4n) is 2.84. The second-order valence-corrected chi connectivity index (χ2v) is 6.03. The molecular weight excluding hydrogens is 296 g/mol. The minimum Gasteiger partial charge on any atom is -0.349 e. The molecule has 3 rings (SSSR count). The van der Waals surface area contributed by atoms with Gasteiger partial charge in [-0.05, 0) is 53.1 Å². The largest absolute Gasteiger partial charge is 0.349 e. The standard InChI is InChI=1S/C21H18N2O/c1-14(2)23-21(24)17(13-22)12-20-18-9-5-3-7-15(18)11-16-8-4-6-10-19(16)20/h3-12,14H,1-2H3,(H,23,24)/b17-12+. The average Bonchev–Trinajstić information content (AvgIpc) is 2.57. The number of hydrogen-bond acceptors (Lipinski definition) is 2.